The highest BCUT2D eigenvalue weighted by Gasteiger charge is 2.19. The van der Waals surface area contributed by atoms with Gasteiger partial charge in [0.1, 0.15) is 5.75 Å². The lowest BCUT2D eigenvalue weighted by Crippen LogP contribution is -2.16. The third-order valence-corrected chi connectivity index (χ3v) is 3.99. The minimum atomic E-state index is -0.676. The van der Waals surface area contributed by atoms with Crippen LogP contribution in [0.2, 0.25) is 0 Å². The lowest BCUT2D eigenvalue weighted by Gasteiger charge is -2.15. The first kappa shape index (κ1) is 14.8. The maximum absolute atomic E-state index is 11.7. The zero-order chi connectivity index (χ0) is 16.7. The summed E-state index contributed by atoms with van der Waals surface area (Å²) in [5, 5.41) is 10.8. The summed E-state index contributed by atoms with van der Waals surface area (Å²) in [6.45, 7) is 3.75. The van der Waals surface area contributed by atoms with Crippen LogP contribution in [-0.4, -0.2) is 16.0 Å². The van der Waals surface area contributed by atoms with Gasteiger partial charge in [-0.3, -0.25) is 4.79 Å². The number of rotatable bonds is 2. The molecule has 0 bridgehead atoms. The maximum Gasteiger partial charge on any atom is 0.269 e. The highest BCUT2D eigenvalue weighted by molar-refractivity contribution is 6.09. The number of pyridine rings is 1. The molecule has 0 aliphatic heterocycles. The number of hydrogen-bond donors (Lipinski definition) is 3. The minimum absolute atomic E-state index is 0.0424. The van der Waals surface area contributed by atoms with Gasteiger partial charge in [0.2, 0.25) is 0 Å². The van der Waals surface area contributed by atoms with Gasteiger partial charge in [0.05, 0.1) is 11.2 Å². The molecular formula is C18H17N3O2. The second-order valence-corrected chi connectivity index (χ2v) is 5.58. The van der Waals surface area contributed by atoms with Gasteiger partial charge in [0.25, 0.3) is 5.91 Å². The summed E-state index contributed by atoms with van der Waals surface area (Å²) >= 11 is 0. The largest absolute Gasteiger partial charge is 0.508 e. The number of carbonyl (C=O) groups is 1. The number of aromatic hydroxyl groups is 1. The van der Waals surface area contributed by atoms with Crippen LogP contribution in [-0.2, 0) is 0 Å². The Balaban J connectivity index is 2.49. The van der Waals surface area contributed by atoms with Crippen molar-refractivity contribution >= 4 is 22.5 Å². The monoisotopic (exact) mass is 307 g/mol. The molecule has 1 amide bonds. The molecule has 1 aromatic heterocycles. The summed E-state index contributed by atoms with van der Waals surface area (Å²) in [5.41, 5.74) is 15.6. The van der Waals surface area contributed by atoms with Crippen LogP contribution in [0.5, 0.6) is 5.75 Å². The van der Waals surface area contributed by atoms with Gasteiger partial charge in [-0.05, 0) is 42.7 Å². The fraction of sp³-hybridized carbons (Fsp3) is 0.111. The number of aromatic nitrogens is 1. The first-order chi connectivity index (χ1) is 10.9. The number of amides is 1. The van der Waals surface area contributed by atoms with Gasteiger partial charge in [-0.15, -0.1) is 0 Å². The molecule has 0 fully saturated rings. The SMILES string of the molecule is Cc1ccc2c(-c3cccc(O)c3C)c(N)c(C(N)=O)nc2c1. The fourth-order valence-electron chi connectivity index (χ4n) is 2.76. The molecule has 0 atom stereocenters. The van der Waals surface area contributed by atoms with Crippen LogP contribution in [0, 0.1) is 13.8 Å². The zero-order valence-electron chi connectivity index (χ0n) is 12.9. The number of benzene rings is 2. The number of phenolic OH excluding ortho intramolecular Hbond substituents is 1. The van der Waals surface area contributed by atoms with Gasteiger partial charge < -0.3 is 16.6 Å². The van der Waals surface area contributed by atoms with Crippen molar-refractivity contribution in [1.29, 1.82) is 0 Å². The first-order valence-corrected chi connectivity index (χ1v) is 7.18. The molecule has 116 valence electrons. The van der Waals surface area contributed by atoms with E-state index in [1.165, 1.54) is 0 Å². The Morgan fingerprint density at radius 3 is 2.61 bits per heavy atom. The molecule has 0 aliphatic carbocycles. The second-order valence-electron chi connectivity index (χ2n) is 5.58. The van der Waals surface area contributed by atoms with Crippen LogP contribution in [0.4, 0.5) is 5.69 Å². The molecule has 5 heteroatoms. The van der Waals surface area contributed by atoms with E-state index in [1.807, 2.05) is 31.2 Å². The highest BCUT2D eigenvalue weighted by Crippen LogP contribution is 2.38. The lowest BCUT2D eigenvalue weighted by molar-refractivity contribution is 0.0997. The van der Waals surface area contributed by atoms with Crippen LogP contribution in [0.3, 0.4) is 0 Å². The van der Waals surface area contributed by atoms with E-state index in [2.05, 4.69) is 4.98 Å². The predicted molar refractivity (Wildman–Crippen MR) is 91.2 cm³/mol. The van der Waals surface area contributed by atoms with Crippen molar-refractivity contribution in [2.75, 3.05) is 5.73 Å². The molecule has 0 spiro atoms. The number of fused-ring (bicyclic) bond motifs is 1. The van der Waals surface area contributed by atoms with Gasteiger partial charge >= 0.3 is 0 Å². The average Bonchev–Trinajstić information content (AvgIpc) is 2.50. The molecule has 1 heterocycles. The smallest absolute Gasteiger partial charge is 0.269 e. The molecule has 0 unspecified atom stereocenters. The van der Waals surface area contributed by atoms with E-state index in [9.17, 15) is 9.90 Å². The Bertz CT molecular complexity index is 949. The van der Waals surface area contributed by atoms with Crippen LogP contribution < -0.4 is 11.5 Å². The Hall–Kier alpha value is -3.08. The van der Waals surface area contributed by atoms with Crippen LogP contribution in [0.1, 0.15) is 21.6 Å². The van der Waals surface area contributed by atoms with Gasteiger partial charge in [0, 0.05) is 10.9 Å². The van der Waals surface area contributed by atoms with E-state index in [0.717, 1.165) is 16.5 Å². The van der Waals surface area contributed by atoms with E-state index >= 15 is 0 Å². The number of nitrogens with two attached hydrogens (primary N) is 2. The van der Waals surface area contributed by atoms with E-state index in [0.29, 0.717) is 16.6 Å². The normalized spacial score (nSPS) is 10.9. The summed E-state index contributed by atoms with van der Waals surface area (Å²) in [6.07, 6.45) is 0. The van der Waals surface area contributed by atoms with Crippen molar-refractivity contribution in [3.63, 3.8) is 0 Å². The predicted octanol–water partition coefficient (Wildman–Crippen LogP) is 2.91. The minimum Gasteiger partial charge on any atom is -0.508 e. The molecule has 3 rings (SSSR count). The molecule has 3 aromatic rings. The molecule has 0 saturated heterocycles. The number of primary amides is 1. The first-order valence-electron chi connectivity index (χ1n) is 7.18. The molecule has 5 N–H and O–H groups in total. The number of phenols is 1. The summed E-state index contributed by atoms with van der Waals surface area (Å²) < 4.78 is 0. The van der Waals surface area contributed by atoms with Gasteiger partial charge in [-0.25, -0.2) is 4.98 Å². The zero-order valence-corrected chi connectivity index (χ0v) is 12.9. The number of aryl methyl sites for hydroxylation is 1. The number of nitrogen functional groups attached to an aromatic ring is 1. The van der Waals surface area contributed by atoms with Crippen molar-refractivity contribution in [1.82, 2.24) is 4.98 Å². The van der Waals surface area contributed by atoms with E-state index in [4.69, 9.17) is 11.5 Å². The third kappa shape index (κ3) is 2.36. The van der Waals surface area contributed by atoms with Crippen LogP contribution in [0.15, 0.2) is 36.4 Å². The Kier molecular flexibility index (Phi) is 3.41. The molecule has 5 nitrogen and oxygen atoms in total. The summed E-state index contributed by atoms with van der Waals surface area (Å²) in [7, 11) is 0. The van der Waals surface area contributed by atoms with E-state index in [1.54, 1.807) is 19.1 Å². The number of carbonyl (C=O) groups excluding carboxylic acids is 1. The van der Waals surface area contributed by atoms with Crippen molar-refractivity contribution in [3.8, 4) is 16.9 Å². The van der Waals surface area contributed by atoms with Crippen LogP contribution in [0.25, 0.3) is 22.0 Å². The Labute approximate surface area is 133 Å². The quantitative estimate of drug-likeness (QED) is 0.677. The van der Waals surface area contributed by atoms with Crippen LogP contribution >= 0.6 is 0 Å². The Morgan fingerprint density at radius 2 is 1.91 bits per heavy atom. The van der Waals surface area contributed by atoms with Crippen molar-refractivity contribution in [2.45, 2.75) is 13.8 Å². The number of hydrogen-bond acceptors (Lipinski definition) is 4. The molecule has 0 saturated carbocycles. The molecule has 0 radical (unpaired) electrons. The molecule has 0 aliphatic rings. The second kappa shape index (κ2) is 5.28. The molecule has 23 heavy (non-hydrogen) atoms. The van der Waals surface area contributed by atoms with E-state index in [-0.39, 0.29) is 17.1 Å². The van der Waals surface area contributed by atoms with Crippen molar-refractivity contribution in [2.24, 2.45) is 5.73 Å². The summed E-state index contributed by atoms with van der Waals surface area (Å²) in [4.78, 5) is 16.0. The van der Waals surface area contributed by atoms with Gasteiger partial charge in [0.15, 0.2) is 5.69 Å². The number of anilines is 1. The van der Waals surface area contributed by atoms with Crippen molar-refractivity contribution < 1.29 is 9.90 Å². The van der Waals surface area contributed by atoms with Crippen molar-refractivity contribution in [3.05, 3.63) is 53.2 Å². The lowest BCUT2D eigenvalue weighted by atomic mass is 9.93. The highest BCUT2D eigenvalue weighted by atomic mass is 16.3. The molecular weight excluding hydrogens is 290 g/mol. The topological polar surface area (TPSA) is 102 Å². The summed E-state index contributed by atoms with van der Waals surface area (Å²) in [6, 6.07) is 10.9. The average molecular weight is 307 g/mol. The fourth-order valence-corrected chi connectivity index (χ4v) is 2.76. The summed E-state index contributed by atoms with van der Waals surface area (Å²) in [5.74, 6) is -0.510. The third-order valence-electron chi connectivity index (χ3n) is 3.99. The standard InChI is InChI=1S/C18H17N3O2/c1-9-6-7-12-13(8-9)21-17(18(20)23)16(19)15(12)11-4-3-5-14(22)10(11)2/h3-8,22H,19H2,1-2H3,(H2,20,23). The maximum atomic E-state index is 11.7. The van der Waals surface area contributed by atoms with E-state index < -0.39 is 5.91 Å². The number of nitrogens with zero attached hydrogens (tertiary/aromatic N) is 1. The van der Waals surface area contributed by atoms with Gasteiger partial charge in [-0.2, -0.15) is 0 Å². The van der Waals surface area contributed by atoms with Gasteiger partial charge in [-0.1, -0.05) is 24.3 Å². The molecule has 2 aromatic carbocycles. The Morgan fingerprint density at radius 1 is 1.17 bits per heavy atom.